The highest BCUT2D eigenvalue weighted by molar-refractivity contribution is 6.30. The molecule has 0 bridgehead atoms. The van der Waals surface area contributed by atoms with Gasteiger partial charge in [0.25, 0.3) is 0 Å². The Morgan fingerprint density at radius 1 is 1.36 bits per heavy atom. The zero-order valence-corrected chi connectivity index (χ0v) is 8.71. The monoisotopic (exact) mass is 206 g/mol. The first-order valence-electron chi connectivity index (χ1n) is 4.23. The molecule has 0 amide bonds. The van der Waals surface area contributed by atoms with E-state index in [-0.39, 0.29) is 5.78 Å². The van der Waals surface area contributed by atoms with Crippen molar-refractivity contribution in [1.29, 1.82) is 0 Å². The fourth-order valence-electron chi connectivity index (χ4n) is 0.888. The van der Waals surface area contributed by atoms with Crippen LogP contribution in [0.15, 0.2) is 42.5 Å². The van der Waals surface area contributed by atoms with Crippen LogP contribution in [0.4, 0.5) is 0 Å². The molecule has 0 saturated carbocycles. The average molecular weight is 207 g/mol. The molecule has 72 valence electrons. The second-order valence-corrected chi connectivity index (χ2v) is 3.47. The van der Waals surface area contributed by atoms with Crippen molar-refractivity contribution in [2.45, 2.75) is 6.92 Å². The molecule has 1 rings (SSSR count). The van der Waals surface area contributed by atoms with Crippen LogP contribution in [0.1, 0.15) is 12.5 Å². The summed E-state index contributed by atoms with van der Waals surface area (Å²) < 4.78 is 0. The van der Waals surface area contributed by atoms with Crippen molar-refractivity contribution in [3.63, 3.8) is 0 Å². The molecule has 0 radical (unpaired) electrons. The third kappa shape index (κ3) is 3.19. The molecule has 0 aliphatic rings. The second-order valence-electron chi connectivity index (χ2n) is 3.03. The van der Waals surface area contributed by atoms with Gasteiger partial charge in [0.1, 0.15) is 0 Å². The van der Waals surface area contributed by atoms with Gasteiger partial charge in [-0.1, -0.05) is 36.4 Å². The molecule has 0 aliphatic carbocycles. The second kappa shape index (κ2) is 4.77. The van der Waals surface area contributed by atoms with Gasteiger partial charge >= 0.3 is 0 Å². The van der Waals surface area contributed by atoms with Crippen LogP contribution >= 0.6 is 11.6 Å². The summed E-state index contributed by atoms with van der Waals surface area (Å²) in [5.41, 5.74) is 1.49. The van der Waals surface area contributed by atoms with E-state index in [1.807, 2.05) is 12.1 Å². The van der Waals surface area contributed by atoms with Gasteiger partial charge < -0.3 is 0 Å². The predicted octanol–water partition coefficient (Wildman–Crippen LogP) is 3.50. The van der Waals surface area contributed by atoms with E-state index in [9.17, 15) is 4.79 Å². The SMILES string of the molecule is C=C(C)C(=O)/C=C/c1ccc(Cl)cc1. The Morgan fingerprint density at radius 2 is 1.93 bits per heavy atom. The first kappa shape index (κ1) is 10.7. The summed E-state index contributed by atoms with van der Waals surface area (Å²) in [6.45, 7) is 5.25. The Labute approximate surface area is 88.7 Å². The Bertz CT molecular complexity index is 374. The molecule has 0 heterocycles. The van der Waals surface area contributed by atoms with Crippen molar-refractivity contribution in [2.75, 3.05) is 0 Å². The fourth-order valence-corrected chi connectivity index (χ4v) is 1.01. The van der Waals surface area contributed by atoms with Gasteiger partial charge in [-0.25, -0.2) is 0 Å². The van der Waals surface area contributed by atoms with Gasteiger partial charge in [0.2, 0.25) is 0 Å². The summed E-state index contributed by atoms with van der Waals surface area (Å²) in [4.78, 5) is 11.2. The highest BCUT2D eigenvalue weighted by Crippen LogP contribution is 2.10. The van der Waals surface area contributed by atoms with Gasteiger partial charge in [-0.15, -0.1) is 0 Å². The number of hydrogen-bond donors (Lipinski definition) is 0. The van der Waals surface area contributed by atoms with Gasteiger partial charge in [-0.2, -0.15) is 0 Å². The third-order valence-corrected chi connectivity index (χ3v) is 1.97. The molecule has 0 aliphatic heterocycles. The molecule has 14 heavy (non-hydrogen) atoms. The molecule has 0 N–H and O–H groups in total. The Morgan fingerprint density at radius 3 is 2.43 bits per heavy atom. The van der Waals surface area contributed by atoms with Crippen LogP contribution in [0.25, 0.3) is 6.08 Å². The van der Waals surface area contributed by atoms with Crippen molar-refractivity contribution < 1.29 is 4.79 Å². The normalized spacial score (nSPS) is 10.4. The number of hydrogen-bond acceptors (Lipinski definition) is 1. The largest absolute Gasteiger partial charge is 0.290 e. The Balaban J connectivity index is 2.74. The first-order chi connectivity index (χ1) is 6.59. The maximum Gasteiger partial charge on any atom is 0.180 e. The number of carbonyl (C=O) groups is 1. The molecule has 0 atom stereocenters. The minimum atomic E-state index is -0.0556. The molecule has 1 nitrogen and oxygen atoms in total. The van der Waals surface area contributed by atoms with Crippen molar-refractivity contribution >= 4 is 23.5 Å². The zero-order valence-electron chi connectivity index (χ0n) is 7.96. The summed E-state index contributed by atoms with van der Waals surface area (Å²) in [6.07, 6.45) is 3.25. The van der Waals surface area contributed by atoms with Gasteiger partial charge in [-0.05, 0) is 36.3 Å². The highest BCUT2D eigenvalue weighted by atomic mass is 35.5. The molecular weight excluding hydrogens is 196 g/mol. The molecular formula is C12H11ClO. The molecule has 0 aromatic heterocycles. The van der Waals surface area contributed by atoms with Crippen LogP contribution in [0.3, 0.4) is 0 Å². The Hall–Kier alpha value is -1.34. The van der Waals surface area contributed by atoms with Gasteiger partial charge in [0, 0.05) is 5.02 Å². The van der Waals surface area contributed by atoms with Crippen LogP contribution in [-0.4, -0.2) is 5.78 Å². The molecule has 0 saturated heterocycles. The van der Waals surface area contributed by atoms with E-state index < -0.39 is 0 Å². The standard InChI is InChI=1S/C12H11ClO/c1-9(2)12(14)8-5-10-3-6-11(13)7-4-10/h3-8H,1H2,2H3/b8-5+. The van der Waals surface area contributed by atoms with Gasteiger partial charge in [-0.3, -0.25) is 4.79 Å². The molecule has 0 fully saturated rings. The van der Waals surface area contributed by atoms with Crippen LogP contribution < -0.4 is 0 Å². The van der Waals surface area contributed by atoms with E-state index in [0.29, 0.717) is 10.6 Å². The quantitative estimate of drug-likeness (QED) is 0.692. The third-order valence-electron chi connectivity index (χ3n) is 1.72. The van der Waals surface area contributed by atoms with Crippen LogP contribution in [0, 0.1) is 0 Å². The van der Waals surface area contributed by atoms with Crippen LogP contribution in [-0.2, 0) is 4.79 Å². The molecule has 2 heteroatoms. The number of carbonyl (C=O) groups excluding carboxylic acids is 1. The van der Waals surface area contributed by atoms with E-state index in [1.165, 1.54) is 6.08 Å². The van der Waals surface area contributed by atoms with E-state index >= 15 is 0 Å². The number of benzene rings is 1. The smallest absolute Gasteiger partial charge is 0.180 e. The topological polar surface area (TPSA) is 17.1 Å². The summed E-state index contributed by atoms with van der Waals surface area (Å²) >= 11 is 5.72. The average Bonchev–Trinajstić information content (AvgIpc) is 2.16. The highest BCUT2D eigenvalue weighted by Gasteiger charge is 1.95. The van der Waals surface area contributed by atoms with Crippen molar-refractivity contribution in [2.24, 2.45) is 0 Å². The van der Waals surface area contributed by atoms with Crippen molar-refractivity contribution in [3.05, 3.63) is 53.1 Å². The molecule has 0 unspecified atom stereocenters. The molecule has 1 aromatic carbocycles. The van der Waals surface area contributed by atoms with E-state index in [1.54, 1.807) is 25.1 Å². The van der Waals surface area contributed by atoms with Gasteiger partial charge in [0.15, 0.2) is 5.78 Å². The summed E-state index contributed by atoms with van der Waals surface area (Å²) in [7, 11) is 0. The fraction of sp³-hybridized carbons (Fsp3) is 0.0833. The lowest BCUT2D eigenvalue weighted by Gasteiger charge is -1.93. The van der Waals surface area contributed by atoms with Crippen molar-refractivity contribution in [3.8, 4) is 0 Å². The summed E-state index contributed by atoms with van der Waals surface area (Å²) in [5, 5.41) is 0.688. The van der Waals surface area contributed by atoms with E-state index in [2.05, 4.69) is 6.58 Å². The minimum absolute atomic E-state index is 0.0556. The molecule has 1 aromatic rings. The van der Waals surface area contributed by atoms with E-state index in [0.717, 1.165) is 5.56 Å². The Kier molecular flexibility index (Phi) is 3.66. The number of halogens is 1. The minimum Gasteiger partial charge on any atom is -0.290 e. The van der Waals surface area contributed by atoms with Gasteiger partial charge in [0.05, 0.1) is 0 Å². The van der Waals surface area contributed by atoms with Crippen LogP contribution in [0.5, 0.6) is 0 Å². The number of rotatable bonds is 3. The van der Waals surface area contributed by atoms with Crippen LogP contribution in [0.2, 0.25) is 5.02 Å². The first-order valence-corrected chi connectivity index (χ1v) is 4.61. The lowest BCUT2D eigenvalue weighted by Crippen LogP contribution is -1.91. The summed E-state index contributed by atoms with van der Waals surface area (Å²) in [6, 6.07) is 7.27. The predicted molar refractivity (Wildman–Crippen MR) is 60.3 cm³/mol. The zero-order chi connectivity index (χ0) is 10.6. The molecule has 0 spiro atoms. The maximum atomic E-state index is 11.2. The number of ketones is 1. The maximum absolute atomic E-state index is 11.2. The number of allylic oxidation sites excluding steroid dienone is 2. The summed E-state index contributed by atoms with van der Waals surface area (Å²) in [5.74, 6) is -0.0556. The van der Waals surface area contributed by atoms with Crippen molar-refractivity contribution in [1.82, 2.24) is 0 Å². The lowest BCUT2D eigenvalue weighted by atomic mass is 10.1. The lowest BCUT2D eigenvalue weighted by molar-refractivity contribution is -0.111. The van der Waals surface area contributed by atoms with E-state index in [4.69, 9.17) is 11.6 Å².